The lowest BCUT2D eigenvalue weighted by atomic mass is 10.2. The minimum Gasteiger partial charge on any atom is -0.494 e. The molecule has 136 valence electrons. The van der Waals surface area contributed by atoms with Gasteiger partial charge in [-0.2, -0.15) is 0 Å². The zero-order valence-electron chi connectivity index (χ0n) is 15.1. The van der Waals surface area contributed by atoms with Crippen LogP contribution in [0.15, 0.2) is 43.0 Å². The average Bonchev–Trinajstić information content (AvgIpc) is 3.15. The van der Waals surface area contributed by atoms with Gasteiger partial charge in [0.15, 0.2) is 0 Å². The molecule has 1 amide bonds. The van der Waals surface area contributed by atoms with Crippen LogP contribution < -0.4 is 10.1 Å². The molecule has 0 bridgehead atoms. The van der Waals surface area contributed by atoms with Crippen molar-refractivity contribution in [3.63, 3.8) is 0 Å². The number of hydrogen-bond acceptors (Lipinski definition) is 3. The molecule has 0 atom stereocenters. The second-order valence-electron chi connectivity index (χ2n) is 6.20. The number of imidazole rings is 1. The number of carbonyl (C=O) groups is 1. The van der Waals surface area contributed by atoms with Gasteiger partial charge < -0.3 is 14.6 Å². The van der Waals surface area contributed by atoms with Crippen LogP contribution in [0, 0.1) is 0 Å². The Balaban J connectivity index is 1.62. The van der Waals surface area contributed by atoms with E-state index in [1.165, 1.54) is 25.7 Å². The van der Waals surface area contributed by atoms with Gasteiger partial charge in [0.1, 0.15) is 5.75 Å². The molecule has 0 radical (unpaired) electrons. The van der Waals surface area contributed by atoms with Crippen molar-refractivity contribution in [1.82, 2.24) is 14.9 Å². The zero-order chi connectivity index (χ0) is 17.7. The minimum absolute atomic E-state index is 0.0447. The van der Waals surface area contributed by atoms with Crippen LogP contribution in [0.2, 0.25) is 0 Å². The van der Waals surface area contributed by atoms with Crippen LogP contribution in [0.5, 0.6) is 5.75 Å². The molecule has 0 aliphatic rings. The van der Waals surface area contributed by atoms with E-state index in [1.807, 2.05) is 35.0 Å². The van der Waals surface area contributed by atoms with E-state index in [9.17, 15) is 4.79 Å². The Labute approximate surface area is 150 Å². The van der Waals surface area contributed by atoms with Gasteiger partial charge in [0.2, 0.25) is 0 Å². The zero-order valence-corrected chi connectivity index (χ0v) is 15.1. The van der Waals surface area contributed by atoms with Crippen LogP contribution in [0.25, 0.3) is 0 Å². The summed E-state index contributed by atoms with van der Waals surface area (Å²) in [6.45, 7) is 4.45. The van der Waals surface area contributed by atoms with Gasteiger partial charge in [-0.15, -0.1) is 0 Å². The number of rotatable bonds is 12. The first-order chi connectivity index (χ1) is 12.3. The first-order valence-corrected chi connectivity index (χ1v) is 9.26. The molecule has 1 aromatic heterocycles. The summed E-state index contributed by atoms with van der Waals surface area (Å²) in [6.07, 6.45) is 12.5. The minimum atomic E-state index is -0.0447. The van der Waals surface area contributed by atoms with Crippen molar-refractivity contribution in [1.29, 1.82) is 0 Å². The Morgan fingerprint density at radius 1 is 1.12 bits per heavy atom. The summed E-state index contributed by atoms with van der Waals surface area (Å²) >= 11 is 0. The maximum absolute atomic E-state index is 12.1. The van der Waals surface area contributed by atoms with Crippen LogP contribution in [-0.4, -0.2) is 28.6 Å². The summed E-state index contributed by atoms with van der Waals surface area (Å²) in [6, 6.07) is 7.37. The first-order valence-electron chi connectivity index (χ1n) is 9.26. The molecular formula is C20H29N3O2. The van der Waals surface area contributed by atoms with Crippen LogP contribution in [-0.2, 0) is 6.54 Å². The molecule has 0 spiro atoms. The van der Waals surface area contributed by atoms with Crippen molar-refractivity contribution in [2.24, 2.45) is 0 Å². The number of nitrogens with one attached hydrogen (secondary N) is 1. The third kappa shape index (κ3) is 7.42. The third-order valence-corrected chi connectivity index (χ3v) is 4.07. The summed E-state index contributed by atoms with van der Waals surface area (Å²) in [4.78, 5) is 16.1. The van der Waals surface area contributed by atoms with Crippen molar-refractivity contribution >= 4 is 5.91 Å². The number of nitrogens with zero attached hydrogens (tertiary/aromatic N) is 2. The van der Waals surface area contributed by atoms with E-state index >= 15 is 0 Å². The van der Waals surface area contributed by atoms with Gasteiger partial charge in [-0.25, -0.2) is 4.98 Å². The van der Waals surface area contributed by atoms with E-state index < -0.39 is 0 Å². The van der Waals surface area contributed by atoms with Gasteiger partial charge in [-0.1, -0.05) is 32.6 Å². The Hall–Kier alpha value is -2.30. The van der Waals surface area contributed by atoms with Crippen molar-refractivity contribution in [2.75, 3.05) is 13.2 Å². The van der Waals surface area contributed by atoms with Crippen molar-refractivity contribution in [3.8, 4) is 5.75 Å². The Kier molecular flexibility index (Phi) is 8.59. The molecule has 1 N–H and O–H groups in total. The van der Waals surface area contributed by atoms with E-state index in [1.54, 1.807) is 12.5 Å². The van der Waals surface area contributed by atoms with Crippen LogP contribution in [0.1, 0.15) is 55.8 Å². The number of unbranched alkanes of at least 4 members (excludes halogenated alkanes) is 4. The average molecular weight is 343 g/mol. The van der Waals surface area contributed by atoms with Gasteiger partial charge in [-0.3, -0.25) is 4.79 Å². The summed E-state index contributed by atoms with van der Waals surface area (Å²) in [5.74, 6) is 0.781. The predicted molar refractivity (Wildman–Crippen MR) is 99.9 cm³/mol. The Bertz CT molecular complexity index is 594. The molecular weight excluding hydrogens is 314 g/mol. The Morgan fingerprint density at radius 2 is 1.92 bits per heavy atom. The third-order valence-electron chi connectivity index (χ3n) is 4.07. The molecule has 5 heteroatoms. The molecule has 2 aromatic rings. The molecule has 0 fully saturated rings. The molecule has 0 aliphatic carbocycles. The largest absolute Gasteiger partial charge is 0.494 e. The van der Waals surface area contributed by atoms with Crippen molar-refractivity contribution < 1.29 is 9.53 Å². The fraction of sp³-hybridized carbons (Fsp3) is 0.500. The maximum Gasteiger partial charge on any atom is 0.251 e. The second kappa shape index (κ2) is 11.3. The maximum atomic E-state index is 12.1. The smallest absolute Gasteiger partial charge is 0.251 e. The Morgan fingerprint density at radius 3 is 2.64 bits per heavy atom. The van der Waals surface area contributed by atoms with Crippen LogP contribution in [0.4, 0.5) is 0 Å². The monoisotopic (exact) mass is 343 g/mol. The number of carbonyl (C=O) groups excluding carboxylic acids is 1. The standard InChI is InChI=1S/C20H29N3O2/c1-2-3-4-5-6-16-25-19-10-8-18(9-11-19)20(24)22-12-7-14-23-15-13-21-17-23/h8-11,13,15,17H,2-7,12,14,16H2,1H3,(H,22,24). The van der Waals surface area contributed by atoms with E-state index in [4.69, 9.17) is 4.74 Å². The molecule has 1 aromatic carbocycles. The number of benzene rings is 1. The molecule has 0 saturated heterocycles. The van der Waals surface area contributed by atoms with E-state index in [-0.39, 0.29) is 5.91 Å². The van der Waals surface area contributed by atoms with Crippen LogP contribution >= 0.6 is 0 Å². The highest BCUT2D eigenvalue weighted by atomic mass is 16.5. The van der Waals surface area contributed by atoms with Gasteiger partial charge in [0.25, 0.3) is 5.91 Å². The lowest BCUT2D eigenvalue weighted by molar-refractivity contribution is 0.0952. The quantitative estimate of drug-likeness (QED) is 0.592. The molecule has 2 rings (SSSR count). The molecule has 0 aliphatic heterocycles. The van der Waals surface area contributed by atoms with E-state index in [0.717, 1.165) is 31.7 Å². The summed E-state index contributed by atoms with van der Waals surface area (Å²) < 4.78 is 7.72. The SMILES string of the molecule is CCCCCCCOc1ccc(C(=O)NCCCn2ccnc2)cc1. The number of aryl methyl sites for hydroxylation is 1. The highest BCUT2D eigenvalue weighted by Gasteiger charge is 2.05. The van der Waals surface area contributed by atoms with Crippen LogP contribution in [0.3, 0.4) is 0 Å². The summed E-state index contributed by atoms with van der Waals surface area (Å²) in [5, 5.41) is 2.94. The number of hydrogen-bond donors (Lipinski definition) is 1. The van der Waals surface area contributed by atoms with E-state index in [0.29, 0.717) is 12.1 Å². The van der Waals surface area contributed by atoms with Gasteiger partial charge in [-0.05, 0) is 37.1 Å². The summed E-state index contributed by atoms with van der Waals surface area (Å²) in [5.41, 5.74) is 0.665. The lowest BCUT2D eigenvalue weighted by Crippen LogP contribution is -2.25. The first kappa shape index (κ1) is 19.0. The number of amides is 1. The molecule has 0 unspecified atom stereocenters. The van der Waals surface area contributed by atoms with Crippen molar-refractivity contribution in [3.05, 3.63) is 48.5 Å². The highest BCUT2D eigenvalue weighted by molar-refractivity contribution is 5.94. The van der Waals surface area contributed by atoms with E-state index in [2.05, 4.69) is 17.2 Å². The second-order valence-corrected chi connectivity index (χ2v) is 6.20. The normalized spacial score (nSPS) is 10.6. The lowest BCUT2D eigenvalue weighted by Gasteiger charge is -2.08. The predicted octanol–water partition coefficient (Wildman–Crippen LogP) is 4.05. The molecule has 1 heterocycles. The number of ether oxygens (including phenoxy) is 1. The fourth-order valence-electron chi connectivity index (χ4n) is 2.58. The summed E-state index contributed by atoms with van der Waals surface area (Å²) in [7, 11) is 0. The molecule has 25 heavy (non-hydrogen) atoms. The van der Waals surface area contributed by atoms with Gasteiger partial charge >= 0.3 is 0 Å². The van der Waals surface area contributed by atoms with Gasteiger partial charge in [0.05, 0.1) is 12.9 Å². The van der Waals surface area contributed by atoms with Gasteiger partial charge in [0, 0.05) is 31.0 Å². The molecule has 0 saturated carbocycles. The van der Waals surface area contributed by atoms with Crippen molar-refractivity contribution in [2.45, 2.75) is 52.0 Å². The topological polar surface area (TPSA) is 56.1 Å². The highest BCUT2D eigenvalue weighted by Crippen LogP contribution is 2.13. The fourth-order valence-corrected chi connectivity index (χ4v) is 2.58. The molecule has 5 nitrogen and oxygen atoms in total. The number of aromatic nitrogens is 2.